The van der Waals surface area contributed by atoms with Gasteiger partial charge in [-0.3, -0.25) is 14.5 Å². The molecule has 1 N–H and O–H groups in total. The van der Waals surface area contributed by atoms with Gasteiger partial charge in [0.1, 0.15) is 29.5 Å². The predicted octanol–water partition coefficient (Wildman–Crippen LogP) is 3.00. The van der Waals surface area contributed by atoms with Crippen molar-refractivity contribution in [2.24, 2.45) is 0 Å². The maximum Gasteiger partial charge on any atom is 0.355 e. The zero-order chi connectivity index (χ0) is 22.6. The van der Waals surface area contributed by atoms with Gasteiger partial charge < -0.3 is 14.8 Å². The van der Waals surface area contributed by atoms with E-state index in [4.69, 9.17) is 44.3 Å². The van der Waals surface area contributed by atoms with Gasteiger partial charge >= 0.3 is 5.97 Å². The number of esters is 1. The van der Waals surface area contributed by atoms with Crippen LogP contribution in [0, 0.1) is 0 Å². The van der Waals surface area contributed by atoms with Crippen molar-refractivity contribution in [3.8, 4) is 5.75 Å². The third-order valence-corrected chi connectivity index (χ3v) is 6.66. The summed E-state index contributed by atoms with van der Waals surface area (Å²) in [5, 5.41) is 2.26. The lowest BCUT2D eigenvalue weighted by Gasteiger charge is -2.49. The Kier molecular flexibility index (Phi) is 8.31. The Morgan fingerprint density at radius 2 is 2.00 bits per heavy atom. The van der Waals surface area contributed by atoms with Crippen LogP contribution in [0.3, 0.4) is 0 Å². The van der Waals surface area contributed by atoms with Gasteiger partial charge in [-0.25, -0.2) is 4.79 Å². The van der Waals surface area contributed by atoms with E-state index in [9.17, 15) is 14.4 Å². The molecule has 0 unspecified atom stereocenters. The molecule has 0 aliphatic carbocycles. The van der Waals surface area contributed by atoms with Gasteiger partial charge in [0.25, 0.3) is 11.8 Å². The first-order valence-electron chi connectivity index (χ1n) is 9.08. The number of para-hydroxylation sites is 1. The highest BCUT2D eigenvalue weighted by atomic mass is 35.6. The van der Waals surface area contributed by atoms with Crippen LogP contribution in [0.15, 0.2) is 41.6 Å². The lowest BCUT2D eigenvalue weighted by atomic mass is 10.0. The molecule has 1 aromatic carbocycles. The molecule has 1 aromatic rings. The van der Waals surface area contributed by atoms with Gasteiger partial charge in [0, 0.05) is 11.5 Å². The second kappa shape index (κ2) is 10.6. The summed E-state index contributed by atoms with van der Waals surface area (Å²) in [6.45, 7) is -0.666. The highest BCUT2D eigenvalue weighted by Crippen LogP contribution is 2.41. The molecule has 3 rings (SSSR count). The number of hydrogen-bond acceptors (Lipinski definition) is 7. The first-order chi connectivity index (χ1) is 14.7. The number of halogens is 3. The van der Waals surface area contributed by atoms with Gasteiger partial charge in [-0.1, -0.05) is 53.0 Å². The minimum atomic E-state index is -1.76. The van der Waals surface area contributed by atoms with Crippen LogP contribution in [-0.4, -0.2) is 68.9 Å². The Hall–Kier alpha value is -1.26. The molecule has 2 aliphatic rings. The number of thioether (sulfide) groups is 2. The van der Waals surface area contributed by atoms with Crippen molar-refractivity contribution >= 4 is 76.1 Å². The zero-order valence-corrected chi connectivity index (χ0v) is 20.2. The van der Waals surface area contributed by atoms with Gasteiger partial charge in [-0.15, -0.1) is 11.8 Å². The lowest BCUT2D eigenvalue weighted by Crippen LogP contribution is -2.71. The number of alkyl halides is 3. The quantitative estimate of drug-likeness (QED) is 0.317. The van der Waals surface area contributed by atoms with Crippen molar-refractivity contribution in [2.75, 3.05) is 31.0 Å². The summed E-state index contributed by atoms with van der Waals surface area (Å²) in [7, 11) is 0. The summed E-state index contributed by atoms with van der Waals surface area (Å²) < 4.78 is 8.77. The molecular weight excluding hydrogens is 507 g/mol. The van der Waals surface area contributed by atoms with E-state index in [0.29, 0.717) is 17.3 Å². The number of nitrogens with one attached hydrogen (secondary N) is 1. The Labute approximate surface area is 203 Å². The van der Waals surface area contributed by atoms with E-state index in [-0.39, 0.29) is 12.3 Å². The standard InChI is InChI=1S/C19H19Cl3N2O5S2/c1-30-8-11-9-31-17-14(23-13(25)7-28-12-5-3-2-4-6-12)16(26)24(17)15(11)18(27)29-10-19(20,21)22/h2-6,14,17H,7-10H2,1H3,(H,23,25)/t14-,17-/m1/s1. The molecule has 2 atom stereocenters. The summed E-state index contributed by atoms with van der Waals surface area (Å²) in [5.74, 6) is 0.0526. The molecule has 7 nitrogen and oxygen atoms in total. The van der Waals surface area contributed by atoms with Gasteiger partial charge in [-0.2, -0.15) is 11.8 Å². The number of ether oxygens (including phenoxy) is 2. The maximum atomic E-state index is 12.8. The van der Waals surface area contributed by atoms with E-state index in [0.717, 1.165) is 5.57 Å². The summed E-state index contributed by atoms with van der Waals surface area (Å²) in [4.78, 5) is 39.1. The van der Waals surface area contributed by atoms with Crippen LogP contribution in [0.1, 0.15) is 0 Å². The normalized spacial score (nSPS) is 20.6. The number of hydrogen-bond donors (Lipinski definition) is 1. The molecule has 12 heteroatoms. The molecule has 0 saturated carbocycles. The Bertz CT molecular complexity index is 879. The summed E-state index contributed by atoms with van der Waals surface area (Å²) >= 11 is 20.0. The van der Waals surface area contributed by atoms with Gasteiger partial charge in [0.2, 0.25) is 3.79 Å². The molecular formula is C19H19Cl3N2O5S2. The summed E-state index contributed by atoms with van der Waals surface area (Å²) in [6.07, 6.45) is 1.89. The first kappa shape index (κ1) is 24.4. The molecule has 168 valence electrons. The third-order valence-electron chi connectivity index (χ3n) is 4.36. The van der Waals surface area contributed by atoms with Crippen LogP contribution in [0.5, 0.6) is 5.75 Å². The van der Waals surface area contributed by atoms with E-state index in [2.05, 4.69) is 5.32 Å². The van der Waals surface area contributed by atoms with E-state index >= 15 is 0 Å². The van der Waals surface area contributed by atoms with E-state index < -0.39 is 39.6 Å². The molecule has 1 fully saturated rings. The fraction of sp³-hybridized carbons (Fsp3) is 0.421. The van der Waals surface area contributed by atoms with Crippen molar-refractivity contribution in [1.29, 1.82) is 0 Å². The van der Waals surface area contributed by atoms with E-state index in [1.54, 1.807) is 24.3 Å². The van der Waals surface area contributed by atoms with Crippen LogP contribution in [-0.2, 0) is 19.1 Å². The third kappa shape index (κ3) is 6.16. The smallest absolute Gasteiger partial charge is 0.355 e. The predicted molar refractivity (Wildman–Crippen MR) is 124 cm³/mol. The molecule has 1 saturated heterocycles. The minimum Gasteiger partial charge on any atom is -0.484 e. The summed E-state index contributed by atoms with van der Waals surface area (Å²) in [6, 6.07) is 8.12. The molecule has 2 aliphatic heterocycles. The fourth-order valence-electron chi connectivity index (χ4n) is 3.05. The second-order valence-corrected chi connectivity index (χ2v) is 11.1. The van der Waals surface area contributed by atoms with Gasteiger partial charge in [0.05, 0.1) is 0 Å². The van der Waals surface area contributed by atoms with Crippen molar-refractivity contribution in [1.82, 2.24) is 10.2 Å². The molecule has 31 heavy (non-hydrogen) atoms. The fourth-order valence-corrected chi connectivity index (χ4v) is 5.28. The zero-order valence-electron chi connectivity index (χ0n) is 16.3. The maximum absolute atomic E-state index is 12.8. The van der Waals surface area contributed by atoms with Crippen LogP contribution in [0.2, 0.25) is 0 Å². The number of β-lactam (4-membered cyclic amide) rings is 1. The number of carbonyl (C=O) groups excluding carboxylic acids is 3. The largest absolute Gasteiger partial charge is 0.484 e. The Morgan fingerprint density at radius 1 is 1.29 bits per heavy atom. The minimum absolute atomic E-state index is 0.156. The second-order valence-electron chi connectivity index (χ2n) is 6.63. The van der Waals surface area contributed by atoms with Crippen LogP contribution in [0.25, 0.3) is 0 Å². The van der Waals surface area contributed by atoms with Gasteiger partial charge in [-0.05, 0) is 24.0 Å². The van der Waals surface area contributed by atoms with Crippen molar-refractivity contribution < 1.29 is 23.9 Å². The van der Waals surface area contributed by atoms with Crippen molar-refractivity contribution in [2.45, 2.75) is 15.2 Å². The van der Waals surface area contributed by atoms with Crippen LogP contribution < -0.4 is 10.1 Å². The lowest BCUT2D eigenvalue weighted by molar-refractivity contribution is -0.153. The number of fused-ring (bicyclic) bond motifs is 1. The first-order valence-corrected chi connectivity index (χ1v) is 12.7. The van der Waals surface area contributed by atoms with Crippen LogP contribution >= 0.6 is 58.3 Å². The summed E-state index contributed by atoms with van der Waals surface area (Å²) in [5.41, 5.74) is 0.914. The Morgan fingerprint density at radius 3 is 2.65 bits per heavy atom. The SMILES string of the molecule is CSCC1=C(C(=O)OCC(Cl)(Cl)Cl)N2C(=O)[C@@H](NC(=O)COc3ccccc3)[C@H]2SC1. The average molecular weight is 526 g/mol. The Balaban J connectivity index is 1.65. The molecule has 0 bridgehead atoms. The monoisotopic (exact) mass is 524 g/mol. The highest BCUT2D eigenvalue weighted by molar-refractivity contribution is 8.00. The molecule has 2 amide bonds. The van der Waals surface area contributed by atoms with E-state index in [1.807, 2.05) is 12.3 Å². The van der Waals surface area contributed by atoms with Crippen LogP contribution in [0.4, 0.5) is 0 Å². The number of nitrogens with zero attached hydrogens (tertiary/aromatic N) is 1. The molecule has 0 aromatic heterocycles. The van der Waals surface area contributed by atoms with Crippen molar-refractivity contribution in [3.63, 3.8) is 0 Å². The topological polar surface area (TPSA) is 84.9 Å². The van der Waals surface area contributed by atoms with Gasteiger partial charge in [0.15, 0.2) is 6.61 Å². The number of rotatable bonds is 8. The van der Waals surface area contributed by atoms with E-state index in [1.165, 1.54) is 28.4 Å². The molecule has 2 heterocycles. The molecule has 0 radical (unpaired) electrons. The molecule has 0 spiro atoms. The number of benzene rings is 1. The van der Waals surface area contributed by atoms with Crippen molar-refractivity contribution in [3.05, 3.63) is 41.6 Å². The highest BCUT2D eigenvalue weighted by Gasteiger charge is 2.54. The average Bonchev–Trinajstić information content (AvgIpc) is 2.74. The number of amides is 2. The number of carbonyl (C=O) groups is 3.